The van der Waals surface area contributed by atoms with Crippen molar-refractivity contribution in [2.75, 3.05) is 19.6 Å². The Morgan fingerprint density at radius 1 is 1.40 bits per heavy atom. The third-order valence-electron chi connectivity index (χ3n) is 4.05. The smallest absolute Gasteiger partial charge is 0.332 e. The van der Waals surface area contributed by atoms with Crippen molar-refractivity contribution in [2.45, 2.75) is 51.7 Å². The molecule has 20 heavy (non-hydrogen) atoms. The number of urea groups is 1. The van der Waals surface area contributed by atoms with Crippen molar-refractivity contribution < 1.29 is 19.4 Å². The van der Waals surface area contributed by atoms with Gasteiger partial charge in [-0.1, -0.05) is 13.8 Å². The van der Waals surface area contributed by atoms with Gasteiger partial charge in [0.15, 0.2) is 6.10 Å². The predicted octanol–water partition coefficient (Wildman–Crippen LogP) is 1.45. The Morgan fingerprint density at radius 2 is 2.15 bits per heavy atom. The standard InChI is InChI=1S/C14H24N2O4/c1-14(2)6-3-7-16(9-14)13(19)15-8-10-4-5-11(20-10)12(17)18/h10-11H,3-9H2,1-2H3,(H,15,19)(H,17,18). The summed E-state index contributed by atoms with van der Waals surface area (Å²) in [7, 11) is 0. The molecule has 0 spiro atoms. The Labute approximate surface area is 119 Å². The first-order valence-corrected chi connectivity index (χ1v) is 7.28. The summed E-state index contributed by atoms with van der Waals surface area (Å²) in [5, 5.41) is 11.7. The summed E-state index contributed by atoms with van der Waals surface area (Å²) in [5.41, 5.74) is 0.174. The number of hydrogen-bond donors (Lipinski definition) is 2. The first kappa shape index (κ1) is 15.1. The molecule has 0 aromatic carbocycles. The van der Waals surface area contributed by atoms with E-state index in [1.807, 2.05) is 4.90 Å². The molecular weight excluding hydrogens is 260 g/mol. The number of hydrogen-bond acceptors (Lipinski definition) is 3. The SMILES string of the molecule is CC1(C)CCCN(C(=O)NCC2CCC(C(=O)O)O2)C1. The molecule has 0 aromatic rings. The van der Waals surface area contributed by atoms with Crippen LogP contribution in [0, 0.1) is 5.41 Å². The monoisotopic (exact) mass is 284 g/mol. The molecule has 0 saturated carbocycles. The van der Waals surface area contributed by atoms with E-state index < -0.39 is 12.1 Å². The van der Waals surface area contributed by atoms with E-state index in [9.17, 15) is 9.59 Å². The third kappa shape index (κ3) is 3.85. The minimum atomic E-state index is -0.920. The van der Waals surface area contributed by atoms with Gasteiger partial charge in [-0.05, 0) is 31.1 Å². The van der Waals surface area contributed by atoms with Crippen LogP contribution in [0.25, 0.3) is 0 Å². The number of rotatable bonds is 3. The second kappa shape index (κ2) is 5.99. The topological polar surface area (TPSA) is 78.9 Å². The molecule has 2 atom stereocenters. The first-order chi connectivity index (χ1) is 9.37. The molecular formula is C14H24N2O4. The summed E-state index contributed by atoms with van der Waals surface area (Å²) >= 11 is 0. The fraction of sp³-hybridized carbons (Fsp3) is 0.857. The van der Waals surface area contributed by atoms with Gasteiger partial charge in [-0.15, -0.1) is 0 Å². The van der Waals surface area contributed by atoms with Gasteiger partial charge in [0, 0.05) is 19.6 Å². The zero-order valence-electron chi connectivity index (χ0n) is 12.2. The lowest BCUT2D eigenvalue weighted by Crippen LogP contribution is -2.49. The lowest BCUT2D eigenvalue weighted by Gasteiger charge is -2.38. The van der Waals surface area contributed by atoms with Gasteiger partial charge in [-0.3, -0.25) is 0 Å². The van der Waals surface area contributed by atoms with Crippen molar-refractivity contribution in [3.63, 3.8) is 0 Å². The van der Waals surface area contributed by atoms with Crippen molar-refractivity contribution in [3.8, 4) is 0 Å². The molecule has 6 nitrogen and oxygen atoms in total. The Bertz CT molecular complexity index is 383. The second-order valence-electron chi connectivity index (χ2n) is 6.54. The molecule has 0 aliphatic carbocycles. The van der Waals surface area contributed by atoms with Crippen LogP contribution in [-0.2, 0) is 9.53 Å². The normalized spacial score (nSPS) is 29.2. The maximum atomic E-state index is 12.1. The molecule has 2 rings (SSSR count). The molecule has 2 aliphatic rings. The number of carbonyl (C=O) groups excluding carboxylic acids is 1. The number of nitrogens with zero attached hydrogens (tertiary/aromatic N) is 1. The van der Waals surface area contributed by atoms with Crippen LogP contribution < -0.4 is 5.32 Å². The summed E-state index contributed by atoms with van der Waals surface area (Å²) in [4.78, 5) is 24.7. The summed E-state index contributed by atoms with van der Waals surface area (Å²) in [6.07, 6.45) is 2.48. The highest BCUT2D eigenvalue weighted by atomic mass is 16.5. The molecule has 0 aromatic heterocycles. The molecule has 6 heteroatoms. The Balaban J connectivity index is 1.74. The van der Waals surface area contributed by atoms with Gasteiger partial charge in [0.1, 0.15) is 0 Å². The van der Waals surface area contributed by atoms with Crippen LogP contribution >= 0.6 is 0 Å². The van der Waals surface area contributed by atoms with Gasteiger partial charge in [-0.2, -0.15) is 0 Å². The Kier molecular flexibility index (Phi) is 4.52. The van der Waals surface area contributed by atoms with E-state index in [1.54, 1.807) is 0 Å². The van der Waals surface area contributed by atoms with E-state index in [4.69, 9.17) is 9.84 Å². The second-order valence-corrected chi connectivity index (χ2v) is 6.54. The molecule has 2 amide bonds. The lowest BCUT2D eigenvalue weighted by molar-refractivity contribution is -0.149. The molecule has 2 aliphatic heterocycles. The van der Waals surface area contributed by atoms with E-state index in [1.165, 1.54) is 0 Å². The van der Waals surface area contributed by atoms with Crippen molar-refractivity contribution in [1.82, 2.24) is 10.2 Å². The number of ether oxygens (including phenoxy) is 1. The number of carboxylic acids is 1. The number of amides is 2. The number of aliphatic carboxylic acids is 1. The highest BCUT2D eigenvalue weighted by Gasteiger charge is 2.32. The van der Waals surface area contributed by atoms with Gasteiger partial charge in [0.2, 0.25) is 0 Å². The van der Waals surface area contributed by atoms with Crippen LogP contribution in [0.2, 0.25) is 0 Å². The highest BCUT2D eigenvalue weighted by molar-refractivity contribution is 5.74. The van der Waals surface area contributed by atoms with E-state index in [0.29, 0.717) is 19.4 Å². The van der Waals surface area contributed by atoms with Crippen LogP contribution in [0.4, 0.5) is 4.79 Å². The largest absolute Gasteiger partial charge is 0.479 e. The first-order valence-electron chi connectivity index (χ1n) is 7.28. The number of likely N-dealkylation sites (tertiary alicyclic amines) is 1. The number of carbonyl (C=O) groups is 2. The van der Waals surface area contributed by atoms with E-state index in [0.717, 1.165) is 25.9 Å². The van der Waals surface area contributed by atoms with Crippen LogP contribution in [0.3, 0.4) is 0 Å². The zero-order chi connectivity index (χ0) is 14.8. The quantitative estimate of drug-likeness (QED) is 0.822. The van der Waals surface area contributed by atoms with Crippen molar-refractivity contribution >= 4 is 12.0 Å². The number of piperidine rings is 1. The third-order valence-corrected chi connectivity index (χ3v) is 4.05. The fourth-order valence-electron chi connectivity index (χ4n) is 2.95. The lowest BCUT2D eigenvalue weighted by atomic mass is 9.84. The maximum Gasteiger partial charge on any atom is 0.332 e. The molecule has 2 unspecified atom stereocenters. The van der Waals surface area contributed by atoms with Crippen LogP contribution in [0.15, 0.2) is 0 Å². The maximum absolute atomic E-state index is 12.1. The van der Waals surface area contributed by atoms with Crippen LogP contribution in [-0.4, -0.2) is 53.8 Å². The summed E-state index contributed by atoms with van der Waals surface area (Å²) < 4.78 is 5.37. The summed E-state index contributed by atoms with van der Waals surface area (Å²) in [6, 6.07) is -0.0693. The molecule has 0 bridgehead atoms. The van der Waals surface area contributed by atoms with Gasteiger partial charge >= 0.3 is 12.0 Å². The van der Waals surface area contributed by atoms with Crippen LogP contribution in [0.1, 0.15) is 39.5 Å². The molecule has 2 heterocycles. The van der Waals surface area contributed by atoms with E-state index in [2.05, 4.69) is 19.2 Å². The van der Waals surface area contributed by atoms with Crippen molar-refractivity contribution in [1.29, 1.82) is 0 Å². The molecule has 2 N–H and O–H groups in total. The predicted molar refractivity (Wildman–Crippen MR) is 73.5 cm³/mol. The Hall–Kier alpha value is -1.30. The number of nitrogens with one attached hydrogen (secondary N) is 1. The zero-order valence-corrected chi connectivity index (χ0v) is 12.2. The minimum absolute atomic E-state index is 0.0693. The molecule has 114 valence electrons. The Morgan fingerprint density at radius 3 is 2.75 bits per heavy atom. The molecule has 2 fully saturated rings. The van der Waals surface area contributed by atoms with Gasteiger partial charge in [-0.25, -0.2) is 9.59 Å². The average Bonchev–Trinajstić information content (AvgIpc) is 2.83. The average molecular weight is 284 g/mol. The van der Waals surface area contributed by atoms with Crippen molar-refractivity contribution in [3.05, 3.63) is 0 Å². The van der Waals surface area contributed by atoms with Gasteiger partial charge < -0.3 is 20.1 Å². The fourth-order valence-corrected chi connectivity index (χ4v) is 2.95. The van der Waals surface area contributed by atoms with Crippen molar-refractivity contribution in [2.24, 2.45) is 5.41 Å². The molecule has 0 radical (unpaired) electrons. The summed E-state index contributed by atoms with van der Waals surface area (Å²) in [5.74, 6) is -0.920. The molecule has 2 saturated heterocycles. The van der Waals surface area contributed by atoms with E-state index >= 15 is 0 Å². The highest BCUT2D eigenvalue weighted by Crippen LogP contribution is 2.28. The van der Waals surface area contributed by atoms with Gasteiger partial charge in [0.25, 0.3) is 0 Å². The van der Waals surface area contributed by atoms with Gasteiger partial charge in [0.05, 0.1) is 6.10 Å². The summed E-state index contributed by atoms with van der Waals surface area (Å²) in [6.45, 7) is 6.29. The number of carboxylic acid groups (broad SMARTS) is 1. The minimum Gasteiger partial charge on any atom is -0.479 e. The van der Waals surface area contributed by atoms with E-state index in [-0.39, 0.29) is 17.6 Å². The van der Waals surface area contributed by atoms with Crippen LogP contribution in [0.5, 0.6) is 0 Å².